The molecule has 0 saturated carbocycles. The van der Waals surface area contributed by atoms with Gasteiger partial charge in [-0.25, -0.2) is 4.79 Å². The van der Waals surface area contributed by atoms with Crippen LogP contribution >= 0.6 is 0 Å². The number of carbonyl (C=O) groups excluding carboxylic acids is 2. The first-order valence-corrected chi connectivity index (χ1v) is 10.9. The summed E-state index contributed by atoms with van der Waals surface area (Å²) in [6.45, 7) is 16.9. The number of urea groups is 1. The summed E-state index contributed by atoms with van der Waals surface area (Å²) < 4.78 is 10.4. The Balaban J connectivity index is -0.000000237. The van der Waals surface area contributed by atoms with Gasteiger partial charge in [0, 0.05) is 46.4 Å². The minimum absolute atomic E-state index is 0. The highest BCUT2D eigenvalue weighted by Crippen LogP contribution is 1.85. The van der Waals surface area contributed by atoms with E-state index in [0.29, 0.717) is 26.2 Å². The van der Waals surface area contributed by atoms with Gasteiger partial charge in [0.1, 0.15) is 0 Å². The number of hydrogen-bond acceptors (Lipinski definition) is 4. The SMILES string of the molecule is C.CCC.CCCOCCC.CCCOCCNC(=O)NCCCCNC(C)=O. The molecule has 29 heavy (non-hydrogen) atoms. The molecule has 0 spiro atoms. The van der Waals surface area contributed by atoms with Gasteiger partial charge >= 0.3 is 6.03 Å². The van der Waals surface area contributed by atoms with E-state index in [2.05, 4.69) is 43.6 Å². The summed E-state index contributed by atoms with van der Waals surface area (Å²) in [4.78, 5) is 21.8. The average Bonchev–Trinajstić information content (AvgIpc) is 2.66. The zero-order valence-electron chi connectivity index (χ0n) is 19.3. The maximum Gasteiger partial charge on any atom is 0.314 e. The molecule has 0 atom stereocenters. The standard InChI is InChI=1S/C12H25N3O3.C6H14O.C3H8.CH4/c1-3-9-18-10-8-15-12(17)14-7-5-4-6-13-11(2)16;1-3-5-7-6-4-2;1-3-2;/h3-10H2,1-2H3,(H,13,16)(H2,14,15,17);3-6H2,1-2H3;3H2,1-2H3;1H4. The van der Waals surface area contributed by atoms with Crippen molar-refractivity contribution in [3.8, 4) is 0 Å². The lowest BCUT2D eigenvalue weighted by atomic mass is 10.3. The van der Waals surface area contributed by atoms with E-state index in [9.17, 15) is 9.59 Å². The fraction of sp³-hybridized carbons (Fsp3) is 0.909. The Bertz CT molecular complexity index is 312. The molecule has 0 saturated heterocycles. The molecule has 178 valence electrons. The Kier molecular flexibility index (Phi) is 41.4. The molecule has 0 radical (unpaired) electrons. The molecular formula is C22H51N3O4. The van der Waals surface area contributed by atoms with Crippen molar-refractivity contribution in [1.82, 2.24) is 16.0 Å². The number of hydrogen-bond donors (Lipinski definition) is 3. The van der Waals surface area contributed by atoms with Crippen LogP contribution in [-0.2, 0) is 14.3 Å². The Labute approximate surface area is 181 Å². The van der Waals surface area contributed by atoms with Crippen LogP contribution in [0.1, 0.15) is 87.5 Å². The van der Waals surface area contributed by atoms with Gasteiger partial charge in [-0.05, 0) is 32.1 Å². The molecule has 0 aliphatic rings. The number of unbranched alkanes of at least 4 members (excludes halogenated alkanes) is 1. The monoisotopic (exact) mass is 421 g/mol. The lowest BCUT2D eigenvalue weighted by Crippen LogP contribution is -2.38. The van der Waals surface area contributed by atoms with Gasteiger partial charge in [-0.2, -0.15) is 0 Å². The van der Waals surface area contributed by atoms with Crippen LogP contribution in [0.4, 0.5) is 4.79 Å². The molecule has 0 aliphatic heterocycles. The Morgan fingerprint density at radius 1 is 0.655 bits per heavy atom. The molecule has 3 N–H and O–H groups in total. The maximum absolute atomic E-state index is 11.3. The first-order chi connectivity index (χ1) is 13.5. The second-order valence-corrected chi connectivity index (χ2v) is 6.30. The van der Waals surface area contributed by atoms with Crippen LogP contribution in [0.25, 0.3) is 0 Å². The van der Waals surface area contributed by atoms with Crippen molar-refractivity contribution in [3.05, 3.63) is 0 Å². The minimum atomic E-state index is -0.172. The Hall–Kier alpha value is -1.34. The summed E-state index contributed by atoms with van der Waals surface area (Å²) in [5.74, 6) is -0.0206. The summed E-state index contributed by atoms with van der Waals surface area (Å²) in [5, 5.41) is 8.15. The van der Waals surface area contributed by atoms with Crippen LogP contribution in [0.5, 0.6) is 0 Å². The molecular weight excluding hydrogens is 370 g/mol. The van der Waals surface area contributed by atoms with E-state index in [4.69, 9.17) is 9.47 Å². The predicted octanol–water partition coefficient (Wildman–Crippen LogP) is 4.50. The van der Waals surface area contributed by atoms with Crippen LogP contribution in [0.15, 0.2) is 0 Å². The van der Waals surface area contributed by atoms with Crippen molar-refractivity contribution in [2.75, 3.05) is 46.1 Å². The lowest BCUT2D eigenvalue weighted by Gasteiger charge is -2.08. The summed E-state index contributed by atoms with van der Waals surface area (Å²) in [7, 11) is 0. The summed E-state index contributed by atoms with van der Waals surface area (Å²) in [6, 6.07) is -0.172. The maximum atomic E-state index is 11.3. The van der Waals surface area contributed by atoms with E-state index in [1.165, 1.54) is 13.3 Å². The molecule has 0 rings (SSSR count). The first-order valence-electron chi connectivity index (χ1n) is 10.9. The molecule has 0 aliphatic carbocycles. The molecule has 3 amide bonds. The summed E-state index contributed by atoms with van der Waals surface area (Å²) in [6.07, 6.45) is 6.22. The molecule has 0 aromatic rings. The number of rotatable bonds is 14. The van der Waals surface area contributed by atoms with Crippen molar-refractivity contribution in [2.24, 2.45) is 0 Å². The van der Waals surface area contributed by atoms with E-state index in [-0.39, 0.29) is 19.4 Å². The van der Waals surface area contributed by atoms with Gasteiger partial charge in [-0.15, -0.1) is 0 Å². The topological polar surface area (TPSA) is 88.7 Å². The third kappa shape index (κ3) is 46.6. The van der Waals surface area contributed by atoms with Gasteiger partial charge in [0.05, 0.1) is 6.61 Å². The number of nitrogens with one attached hydrogen (secondary N) is 3. The second-order valence-electron chi connectivity index (χ2n) is 6.30. The summed E-state index contributed by atoms with van der Waals surface area (Å²) >= 11 is 0. The highest BCUT2D eigenvalue weighted by Gasteiger charge is 1.98. The molecule has 0 bridgehead atoms. The molecule has 7 nitrogen and oxygen atoms in total. The molecule has 0 aromatic heterocycles. The second kappa shape index (κ2) is 34.2. The molecule has 0 fully saturated rings. The smallest absolute Gasteiger partial charge is 0.314 e. The fourth-order valence-electron chi connectivity index (χ4n) is 1.65. The largest absolute Gasteiger partial charge is 0.381 e. The number of amides is 3. The first kappa shape index (κ1) is 35.1. The van der Waals surface area contributed by atoms with Gasteiger partial charge in [0.2, 0.25) is 5.91 Å². The van der Waals surface area contributed by atoms with Crippen LogP contribution in [0, 0.1) is 0 Å². The highest BCUT2D eigenvalue weighted by molar-refractivity contribution is 5.73. The Morgan fingerprint density at radius 2 is 1.03 bits per heavy atom. The van der Waals surface area contributed by atoms with Gasteiger partial charge in [0.25, 0.3) is 0 Å². The predicted molar refractivity (Wildman–Crippen MR) is 125 cm³/mol. The van der Waals surface area contributed by atoms with E-state index < -0.39 is 0 Å². The lowest BCUT2D eigenvalue weighted by molar-refractivity contribution is -0.118. The van der Waals surface area contributed by atoms with Crippen LogP contribution < -0.4 is 16.0 Å². The third-order valence-electron chi connectivity index (χ3n) is 2.84. The van der Waals surface area contributed by atoms with E-state index in [1.54, 1.807) is 0 Å². The molecule has 0 unspecified atom stereocenters. The van der Waals surface area contributed by atoms with E-state index in [1.807, 2.05) is 6.92 Å². The number of carbonyl (C=O) groups is 2. The van der Waals surface area contributed by atoms with Crippen molar-refractivity contribution >= 4 is 11.9 Å². The zero-order chi connectivity index (χ0) is 21.9. The quantitative estimate of drug-likeness (QED) is 0.360. The average molecular weight is 422 g/mol. The number of ether oxygens (including phenoxy) is 2. The van der Waals surface area contributed by atoms with E-state index in [0.717, 1.165) is 51.9 Å². The van der Waals surface area contributed by atoms with Gasteiger partial charge < -0.3 is 25.4 Å². The van der Waals surface area contributed by atoms with Gasteiger partial charge in [0.15, 0.2) is 0 Å². The van der Waals surface area contributed by atoms with Crippen molar-refractivity contribution < 1.29 is 19.1 Å². The summed E-state index contributed by atoms with van der Waals surface area (Å²) in [5.41, 5.74) is 0. The van der Waals surface area contributed by atoms with Crippen molar-refractivity contribution in [2.45, 2.75) is 87.5 Å². The molecule has 0 aromatic carbocycles. The van der Waals surface area contributed by atoms with Gasteiger partial charge in [-0.1, -0.05) is 48.5 Å². The van der Waals surface area contributed by atoms with Crippen LogP contribution in [0.3, 0.4) is 0 Å². The minimum Gasteiger partial charge on any atom is -0.381 e. The molecule has 0 heterocycles. The molecule has 7 heteroatoms. The normalized spacial score (nSPS) is 9.03. The van der Waals surface area contributed by atoms with Crippen molar-refractivity contribution in [1.29, 1.82) is 0 Å². The van der Waals surface area contributed by atoms with Crippen LogP contribution in [-0.4, -0.2) is 58.0 Å². The van der Waals surface area contributed by atoms with Gasteiger partial charge in [-0.3, -0.25) is 4.79 Å². The van der Waals surface area contributed by atoms with E-state index >= 15 is 0 Å². The fourth-order valence-corrected chi connectivity index (χ4v) is 1.65. The zero-order valence-corrected chi connectivity index (χ0v) is 19.3. The van der Waals surface area contributed by atoms with Crippen LogP contribution in [0.2, 0.25) is 0 Å². The third-order valence-corrected chi connectivity index (χ3v) is 2.84. The Morgan fingerprint density at radius 3 is 1.45 bits per heavy atom. The van der Waals surface area contributed by atoms with Crippen molar-refractivity contribution in [3.63, 3.8) is 0 Å². The highest BCUT2D eigenvalue weighted by atomic mass is 16.5.